The van der Waals surface area contributed by atoms with E-state index in [1.54, 1.807) is 6.07 Å². The molecular weight excluding hydrogens is 242 g/mol. The van der Waals surface area contributed by atoms with Crippen LogP contribution in [0.3, 0.4) is 0 Å². The Morgan fingerprint density at radius 1 is 1.06 bits per heavy atom. The summed E-state index contributed by atoms with van der Waals surface area (Å²) in [6.07, 6.45) is 0. The van der Waals surface area contributed by atoms with Crippen LogP contribution in [0.2, 0.25) is 0 Å². The van der Waals surface area contributed by atoms with Crippen molar-refractivity contribution in [1.82, 2.24) is 0 Å². The van der Waals surface area contributed by atoms with E-state index in [9.17, 15) is 5.11 Å². The van der Waals surface area contributed by atoms with Gasteiger partial charge in [-0.2, -0.15) is 0 Å². The molecule has 0 aromatic heterocycles. The molecule has 2 nitrogen and oxygen atoms in total. The maximum atomic E-state index is 9.81. The zero-order valence-corrected chi connectivity index (χ0v) is 11.2. The lowest BCUT2D eigenvalue weighted by molar-refractivity contribution is 0.474. The first-order valence-corrected chi connectivity index (χ1v) is 6.15. The molecule has 0 fully saturated rings. The summed E-state index contributed by atoms with van der Waals surface area (Å²) in [5.74, 6) is 0.200. The normalized spacial score (nSPS) is 10.1. The van der Waals surface area contributed by atoms with Crippen LogP contribution in [0.4, 0.5) is 5.69 Å². The van der Waals surface area contributed by atoms with Crippen molar-refractivity contribution in [3.63, 3.8) is 0 Å². The van der Waals surface area contributed by atoms with Gasteiger partial charge in [0, 0.05) is 5.69 Å². The van der Waals surface area contributed by atoms with Gasteiger partial charge in [-0.15, -0.1) is 0 Å². The van der Waals surface area contributed by atoms with Crippen LogP contribution in [-0.2, 0) is 0 Å². The molecule has 0 saturated carbocycles. The molecule has 3 heteroatoms. The predicted octanol–water partition coefficient (Wildman–Crippen LogP) is 3.80. The Hall–Kier alpha value is -1.87. The molecule has 0 heterocycles. The Morgan fingerprint density at radius 2 is 1.78 bits per heavy atom. The smallest absolute Gasteiger partial charge is 0.125 e. The van der Waals surface area contributed by atoms with Crippen molar-refractivity contribution < 1.29 is 5.11 Å². The lowest BCUT2D eigenvalue weighted by Crippen LogP contribution is -2.11. The third-order valence-electron chi connectivity index (χ3n) is 2.67. The lowest BCUT2D eigenvalue weighted by atomic mass is 10.1. The maximum absolute atomic E-state index is 9.81. The van der Waals surface area contributed by atoms with Crippen LogP contribution in [0, 0.1) is 13.8 Å². The molecule has 0 bridgehead atoms. The van der Waals surface area contributed by atoms with Gasteiger partial charge in [0.2, 0.25) is 0 Å². The second-order valence-corrected chi connectivity index (χ2v) is 4.75. The van der Waals surface area contributed by atoms with Crippen LogP contribution in [0.15, 0.2) is 42.5 Å². The van der Waals surface area contributed by atoms with Gasteiger partial charge in [0.15, 0.2) is 0 Å². The Balaban J connectivity index is 2.24. The highest BCUT2D eigenvalue weighted by Crippen LogP contribution is 2.20. The molecule has 0 unspecified atom stereocenters. The van der Waals surface area contributed by atoms with Gasteiger partial charge >= 0.3 is 0 Å². The molecule has 2 aromatic carbocycles. The number of aromatic hydroxyl groups is 1. The Bertz CT molecular complexity index is 593. The van der Waals surface area contributed by atoms with E-state index in [1.165, 1.54) is 0 Å². The minimum atomic E-state index is 0.200. The largest absolute Gasteiger partial charge is 0.507 e. The molecule has 0 saturated heterocycles. The van der Waals surface area contributed by atoms with Crippen LogP contribution in [0.25, 0.3) is 0 Å². The minimum absolute atomic E-state index is 0.200. The highest BCUT2D eigenvalue weighted by Gasteiger charge is 2.07. The monoisotopic (exact) mass is 257 g/mol. The van der Waals surface area contributed by atoms with Gasteiger partial charge in [0.05, 0.1) is 5.56 Å². The van der Waals surface area contributed by atoms with E-state index in [1.807, 2.05) is 50.2 Å². The van der Waals surface area contributed by atoms with Crippen molar-refractivity contribution in [1.29, 1.82) is 0 Å². The average molecular weight is 257 g/mol. The predicted molar refractivity (Wildman–Crippen MR) is 79.3 cm³/mol. The van der Waals surface area contributed by atoms with Gasteiger partial charge in [-0.25, -0.2) is 0 Å². The highest BCUT2D eigenvalue weighted by atomic mass is 32.1. The zero-order valence-electron chi connectivity index (χ0n) is 10.4. The molecule has 2 N–H and O–H groups in total. The van der Waals surface area contributed by atoms with Gasteiger partial charge in [-0.05, 0) is 43.7 Å². The Morgan fingerprint density at radius 3 is 2.50 bits per heavy atom. The van der Waals surface area contributed by atoms with Gasteiger partial charge in [0.25, 0.3) is 0 Å². The van der Waals surface area contributed by atoms with E-state index >= 15 is 0 Å². The molecule has 2 rings (SSSR count). The number of anilines is 1. The first kappa shape index (κ1) is 12.6. The van der Waals surface area contributed by atoms with E-state index in [0.29, 0.717) is 10.6 Å². The fraction of sp³-hybridized carbons (Fsp3) is 0.133. The van der Waals surface area contributed by atoms with E-state index in [-0.39, 0.29) is 5.75 Å². The Labute approximate surface area is 112 Å². The lowest BCUT2D eigenvalue weighted by Gasteiger charge is -2.10. The van der Waals surface area contributed by atoms with Crippen molar-refractivity contribution in [3.05, 3.63) is 59.2 Å². The molecule has 92 valence electrons. The number of phenolic OH excluding ortho intramolecular Hbond substituents is 1. The van der Waals surface area contributed by atoms with Gasteiger partial charge in [-0.1, -0.05) is 36.0 Å². The van der Waals surface area contributed by atoms with Crippen molar-refractivity contribution in [3.8, 4) is 5.75 Å². The van der Waals surface area contributed by atoms with Gasteiger partial charge in [0.1, 0.15) is 10.7 Å². The molecule has 0 amide bonds. The zero-order chi connectivity index (χ0) is 13.1. The number of aryl methyl sites for hydroxylation is 2. The van der Waals surface area contributed by atoms with Crippen LogP contribution >= 0.6 is 12.2 Å². The summed E-state index contributed by atoms with van der Waals surface area (Å²) in [6.45, 7) is 4.00. The molecule has 0 radical (unpaired) electrons. The molecule has 0 spiro atoms. The summed E-state index contributed by atoms with van der Waals surface area (Å²) in [5, 5.41) is 12.9. The fourth-order valence-electron chi connectivity index (χ4n) is 1.75. The van der Waals surface area contributed by atoms with Gasteiger partial charge in [-0.3, -0.25) is 0 Å². The topological polar surface area (TPSA) is 32.3 Å². The third-order valence-corrected chi connectivity index (χ3v) is 2.99. The first-order valence-electron chi connectivity index (χ1n) is 5.74. The summed E-state index contributed by atoms with van der Waals surface area (Å²) in [4.78, 5) is 0.529. The summed E-state index contributed by atoms with van der Waals surface area (Å²) in [5.41, 5.74) is 3.82. The van der Waals surface area contributed by atoms with E-state index in [4.69, 9.17) is 12.2 Å². The molecular formula is C15H15NOS. The molecule has 0 aliphatic carbocycles. The maximum Gasteiger partial charge on any atom is 0.125 e. The molecule has 0 aliphatic rings. The van der Waals surface area contributed by atoms with Crippen molar-refractivity contribution in [2.75, 3.05) is 5.32 Å². The third kappa shape index (κ3) is 2.87. The van der Waals surface area contributed by atoms with Crippen LogP contribution < -0.4 is 5.32 Å². The van der Waals surface area contributed by atoms with Crippen molar-refractivity contribution in [2.24, 2.45) is 0 Å². The van der Waals surface area contributed by atoms with Crippen molar-refractivity contribution in [2.45, 2.75) is 13.8 Å². The van der Waals surface area contributed by atoms with Crippen LogP contribution in [0.1, 0.15) is 16.7 Å². The minimum Gasteiger partial charge on any atom is -0.507 e. The number of hydrogen-bond donors (Lipinski definition) is 2. The van der Waals surface area contributed by atoms with Crippen LogP contribution in [0.5, 0.6) is 5.75 Å². The fourth-order valence-corrected chi connectivity index (χ4v) is 2.03. The Kier molecular flexibility index (Phi) is 3.63. The first-order chi connectivity index (χ1) is 8.56. The highest BCUT2D eigenvalue weighted by molar-refractivity contribution is 7.81. The molecule has 18 heavy (non-hydrogen) atoms. The molecule has 0 atom stereocenters. The van der Waals surface area contributed by atoms with Crippen LogP contribution in [-0.4, -0.2) is 10.1 Å². The summed E-state index contributed by atoms with van der Waals surface area (Å²) in [7, 11) is 0. The number of thiocarbonyl (C=S) groups is 1. The number of benzene rings is 2. The quantitative estimate of drug-likeness (QED) is 0.803. The second kappa shape index (κ2) is 5.19. The number of nitrogens with one attached hydrogen (secondary N) is 1. The van der Waals surface area contributed by atoms with Gasteiger partial charge < -0.3 is 10.4 Å². The van der Waals surface area contributed by atoms with E-state index < -0.39 is 0 Å². The summed E-state index contributed by atoms with van der Waals surface area (Å²) in [6, 6.07) is 13.4. The van der Waals surface area contributed by atoms with Crippen molar-refractivity contribution >= 4 is 22.9 Å². The average Bonchev–Trinajstić information content (AvgIpc) is 2.32. The molecule has 2 aromatic rings. The number of rotatable bonds is 2. The number of phenols is 1. The van der Waals surface area contributed by atoms with E-state index in [0.717, 1.165) is 16.8 Å². The number of hydrogen-bond acceptors (Lipinski definition) is 2. The summed E-state index contributed by atoms with van der Waals surface area (Å²) < 4.78 is 0. The SMILES string of the molecule is Cc1cccc(NC(=S)c2cc(C)ccc2O)c1. The van der Waals surface area contributed by atoms with E-state index in [2.05, 4.69) is 5.32 Å². The standard InChI is InChI=1S/C15H15NOS/c1-10-4-3-5-12(8-10)16-15(18)13-9-11(2)6-7-14(13)17/h3-9,17H,1-2H3,(H,16,18). The summed E-state index contributed by atoms with van der Waals surface area (Å²) >= 11 is 5.32. The second-order valence-electron chi connectivity index (χ2n) is 4.34. The molecule has 0 aliphatic heterocycles.